The number of aromatic nitrogens is 3. The average Bonchev–Trinajstić information content (AvgIpc) is 3.21. The van der Waals surface area contributed by atoms with E-state index in [1.807, 2.05) is 0 Å². The Labute approximate surface area is 177 Å². The van der Waals surface area contributed by atoms with Crippen molar-refractivity contribution in [2.75, 3.05) is 17.7 Å². The molecule has 0 spiro atoms. The molecule has 1 aliphatic rings. The molecule has 0 atom stereocenters. The van der Waals surface area contributed by atoms with Crippen LogP contribution in [0.25, 0.3) is 5.65 Å². The summed E-state index contributed by atoms with van der Waals surface area (Å²) >= 11 is 0. The van der Waals surface area contributed by atoms with Gasteiger partial charge < -0.3 is 16.0 Å². The minimum Gasteiger partial charge on any atom is -0.372 e. The highest BCUT2D eigenvalue weighted by molar-refractivity contribution is 5.98. The molecule has 0 aliphatic heterocycles. The van der Waals surface area contributed by atoms with Gasteiger partial charge in [-0.05, 0) is 49.9 Å². The Morgan fingerprint density at radius 2 is 1.84 bits per heavy atom. The van der Waals surface area contributed by atoms with Gasteiger partial charge in [-0.2, -0.15) is 13.2 Å². The number of imidazole rings is 1. The van der Waals surface area contributed by atoms with E-state index in [0.29, 0.717) is 17.2 Å². The van der Waals surface area contributed by atoms with Crippen LogP contribution in [0.4, 0.5) is 24.8 Å². The summed E-state index contributed by atoms with van der Waals surface area (Å²) < 4.78 is 40.4. The smallest absolute Gasteiger partial charge is 0.372 e. The number of fused-ring (bicyclic) bond motifs is 1. The number of carbonyl (C=O) groups is 1. The molecule has 4 rings (SSSR count). The van der Waals surface area contributed by atoms with Crippen LogP contribution >= 0.6 is 0 Å². The molecule has 1 saturated carbocycles. The maximum Gasteiger partial charge on any atom is 0.434 e. The van der Waals surface area contributed by atoms with Gasteiger partial charge in [0.1, 0.15) is 17.3 Å². The second-order valence-electron chi connectivity index (χ2n) is 7.58. The van der Waals surface area contributed by atoms with Gasteiger partial charge in [0.05, 0.1) is 5.56 Å². The summed E-state index contributed by atoms with van der Waals surface area (Å²) in [6, 6.07) is 8.55. The van der Waals surface area contributed by atoms with Crippen LogP contribution < -0.4 is 16.0 Å². The first-order valence-corrected chi connectivity index (χ1v) is 10.1. The van der Waals surface area contributed by atoms with Crippen LogP contribution in [-0.4, -0.2) is 39.4 Å². The Kier molecular flexibility index (Phi) is 5.71. The zero-order chi connectivity index (χ0) is 22.0. The summed E-state index contributed by atoms with van der Waals surface area (Å²) in [5.41, 5.74) is -0.169. The van der Waals surface area contributed by atoms with Crippen LogP contribution in [0.1, 0.15) is 41.7 Å². The Morgan fingerprint density at radius 3 is 2.55 bits per heavy atom. The maximum absolute atomic E-state index is 13.0. The molecule has 0 unspecified atom stereocenters. The molecule has 10 heteroatoms. The van der Waals surface area contributed by atoms with E-state index in [9.17, 15) is 18.0 Å². The van der Waals surface area contributed by atoms with Crippen molar-refractivity contribution in [2.45, 2.75) is 43.9 Å². The molecular weight excluding hydrogens is 409 g/mol. The minimum absolute atomic E-state index is 0.0383. The van der Waals surface area contributed by atoms with Gasteiger partial charge in [0.2, 0.25) is 0 Å². The summed E-state index contributed by atoms with van der Waals surface area (Å²) in [6.07, 6.45) is 1.26. The monoisotopic (exact) mass is 432 g/mol. The molecular formula is C21H23F3N6O. The lowest BCUT2D eigenvalue weighted by molar-refractivity contribution is -0.140. The number of nitrogens with one attached hydrogen (secondary N) is 3. The zero-order valence-electron chi connectivity index (χ0n) is 16.9. The Bertz CT molecular complexity index is 1070. The lowest BCUT2D eigenvalue weighted by atomic mass is 9.91. The molecule has 1 amide bonds. The van der Waals surface area contributed by atoms with Crippen molar-refractivity contribution in [2.24, 2.45) is 0 Å². The molecule has 7 nitrogen and oxygen atoms in total. The normalized spacial score (nSPS) is 19.2. The molecule has 0 radical (unpaired) electrons. The van der Waals surface area contributed by atoms with Gasteiger partial charge in [0.15, 0.2) is 5.69 Å². The first kappa shape index (κ1) is 21.0. The molecule has 164 valence electrons. The number of rotatable bonds is 5. The van der Waals surface area contributed by atoms with Gasteiger partial charge in [0, 0.05) is 31.5 Å². The third kappa shape index (κ3) is 4.57. The number of pyridine rings is 2. The van der Waals surface area contributed by atoms with Crippen molar-refractivity contribution in [3.05, 3.63) is 54.0 Å². The van der Waals surface area contributed by atoms with Crippen LogP contribution in [0.3, 0.4) is 0 Å². The topological polar surface area (TPSA) is 83.3 Å². The SMILES string of the molecule is CNc1ncccc1C(=O)NC1CCC(Nc2cccc3nc(C(F)(F)F)cn23)CC1. The molecule has 3 aromatic rings. The largest absolute Gasteiger partial charge is 0.434 e. The van der Waals surface area contributed by atoms with E-state index in [4.69, 9.17) is 0 Å². The predicted octanol–water partition coefficient (Wildman–Crippen LogP) is 3.94. The molecule has 31 heavy (non-hydrogen) atoms. The first-order chi connectivity index (χ1) is 14.8. The quantitative estimate of drug-likeness (QED) is 0.569. The molecule has 3 N–H and O–H groups in total. The fourth-order valence-electron chi connectivity index (χ4n) is 3.91. The van der Waals surface area contributed by atoms with Crippen LogP contribution in [0.5, 0.6) is 0 Å². The molecule has 3 aromatic heterocycles. The van der Waals surface area contributed by atoms with E-state index in [0.717, 1.165) is 31.9 Å². The summed E-state index contributed by atoms with van der Waals surface area (Å²) in [5.74, 6) is 0.931. The summed E-state index contributed by atoms with van der Waals surface area (Å²) in [5, 5.41) is 9.31. The standard InChI is InChI=1S/C21H23F3N6O/c1-25-19-15(4-3-11-26-19)20(31)28-14-9-7-13(8-10-14)27-17-5-2-6-18-29-16(12-30(17)18)21(22,23)24/h2-6,11-14,27H,7-10H2,1H3,(H,25,26)(H,28,31). The molecule has 0 bridgehead atoms. The average molecular weight is 432 g/mol. The van der Waals surface area contributed by atoms with Crippen LogP contribution in [0.2, 0.25) is 0 Å². The first-order valence-electron chi connectivity index (χ1n) is 10.1. The van der Waals surface area contributed by atoms with E-state index in [1.54, 1.807) is 43.6 Å². The second kappa shape index (κ2) is 8.44. The third-order valence-corrected chi connectivity index (χ3v) is 5.49. The number of hydrogen-bond acceptors (Lipinski definition) is 5. The van der Waals surface area contributed by atoms with Crippen LogP contribution in [-0.2, 0) is 6.18 Å². The molecule has 0 aromatic carbocycles. The van der Waals surface area contributed by atoms with Crippen molar-refractivity contribution in [3.8, 4) is 0 Å². The summed E-state index contributed by atoms with van der Waals surface area (Å²) in [6.45, 7) is 0. The zero-order valence-corrected chi connectivity index (χ0v) is 16.9. The maximum atomic E-state index is 13.0. The van der Waals surface area contributed by atoms with E-state index < -0.39 is 11.9 Å². The third-order valence-electron chi connectivity index (χ3n) is 5.49. The Morgan fingerprint density at radius 1 is 1.10 bits per heavy atom. The van der Waals surface area contributed by atoms with E-state index in [1.165, 1.54) is 4.40 Å². The van der Waals surface area contributed by atoms with Gasteiger partial charge in [-0.1, -0.05) is 6.07 Å². The van der Waals surface area contributed by atoms with Gasteiger partial charge in [-0.15, -0.1) is 0 Å². The highest BCUT2D eigenvalue weighted by atomic mass is 19.4. The highest BCUT2D eigenvalue weighted by Gasteiger charge is 2.34. The Balaban J connectivity index is 1.37. The number of carbonyl (C=O) groups excluding carboxylic acids is 1. The molecule has 1 aliphatic carbocycles. The second-order valence-corrected chi connectivity index (χ2v) is 7.58. The number of alkyl halides is 3. The lowest BCUT2D eigenvalue weighted by Crippen LogP contribution is -2.40. The minimum atomic E-state index is -4.49. The predicted molar refractivity (Wildman–Crippen MR) is 111 cm³/mol. The molecule has 1 fully saturated rings. The van der Waals surface area contributed by atoms with E-state index in [-0.39, 0.29) is 23.6 Å². The number of hydrogen-bond donors (Lipinski definition) is 3. The number of anilines is 2. The lowest BCUT2D eigenvalue weighted by Gasteiger charge is -2.30. The fraction of sp³-hybridized carbons (Fsp3) is 0.381. The van der Waals surface area contributed by atoms with Gasteiger partial charge in [-0.3, -0.25) is 9.20 Å². The molecule has 3 heterocycles. The van der Waals surface area contributed by atoms with E-state index in [2.05, 4.69) is 25.9 Å². The van der Waals surface area contributed by atoms with Gasteiger partial charge >= 0.3 is 6.18 Å². The van der Waals surface area contributed by atoms with Crippen molar-refractivity contribution >= 4 is 23.2 Å². The van der Waals surface area contributed by atoms with E-state index >= 15 is 0 Å². The number of nitrogens with zero attached hydrogens (tertiary/aromatic N) is 3. The highest BCUT2D eigenvalue weighted by Crippen LogP contribution is 2.30. The summed E-state index contributed by atoms with van der Waals surface area (Å²) in [7, 11) is 1.72. The van der Waals surface area contributed by atoms with Crippen LogP contribution in [0, 0.1) is 0 Å². The van der Waals surface area contributed by atoms with Crippen molar-refractivity contribution in [1.29, 1.82) is 0 Å². The Hall–Kier alpha value is -3.30. The molecule has 0 saturated heterocycles. The van der Waals surface area contributed by atoms with Gasteiger partial charge in [-0.25, -0.2) is 9.97 Å². The van der Waals surface area contributed by atoms with Crippen LogP contribution in [0.15, 0.2) is 42.7 Å². The number of halogens is 3. The van der Waals surface area contributed by atoms with Gasteiger partial charge in [0.25, 0.3) is 5.91 Å². The van der Waals surface area contributed by atoms with Crippen molar-refractivity contribution in [1.82, 2.24) is 19.7 Å². The van der Waals surface area contributed by atoms with Crippen molar-refractivity contribution in [3.63, 3.8) is 0 Å². The van der Waals surface area contributed by atoms with Crippen molar-refractivity contribution < 1.29 is 18.0 Å². The number of amides is 1. The fourth-order valence-corrected chi connectivity index (χ4v) is 3.91. The summed E-state index contributed by atoms with van der Waals surface area (Å²) in [4.78, 5) is 20.4.